The summed E-state index contributed by atoms with van der Waals surface area (Å²) in [5, 5.41) is 3.55. The fourth-order valence-corrected chi connectivity index (χ4v) is 4.28. The quantitative estimate of drug-likeness (QED) is 0.359. The molecule has 0 aliphatic carbocycles. The van der Waals surface area contributed by atoms with Crippen molar-refractivity contribution in [2.45, 2.75) is 12.8 Å². The second kappa shape index (κ2) is 9.81. The van der Waals surface area contributed by atoms with Crippen LogP contribution in [0.15, 0.2) is 97.1 Å². The van der Waals surface area contributed by atoms with Crippen molar-refractivity contribution in [3.05, 3.63) is 114 Å². The highest BCUT2D eigenvalue weighted by Gasteiger charge is 2.34. The van der Waals surface area contributed by atoms with Crippen LogP contribution in [0, 0.1) is 0 Å². The van der Waals surface area contributed by atoms with Crippen molar-refractivity contribution < 1.29 is 19.0 Å². The Morgan fingerprint density at radius 3 is 2.37 bits per heavy atom. The van der Waals surface area contributed by atoms with Gasteiger partial charge in [-0.2, -0.15) is 0 Å². The number of nitrogens with zero attached hydrogens (tertiary/aromatic N) is 1. The van der Waals surface area contributed by atoms with E-state index in [2.05, 4.69) is 5.32 Å². The van der Waals surface area contributed by atoms with Crippen LogP contribution in [0.1, 0.15) is 27.7 Å². The van der Waals surface area contributed by atoms with E-state index in [-0.39, 0.29) is 5.91 Å². The number of para-hydroxylation sites is 2. The monoisotopic (exact) mass is 466 g/mol. The first-order chi connectivity index (χ1) is 17.2. The second-order valence-electron chi connectivity index (χ2n) is 8.14. The highest BCUT2D eigenvalue weighted by molar-refractivity contribution is 6.12. The molecule has 1 aliphatic rings. The third-order valence-electron chi connectivity index (χ3n) is 6.02. The molecule has 176 valence electrons. The number of carbonyl (C=O) groups is 1. The maximum Gasteiger partial charge on any atom is 0.262 e. The average Bonchev–Trinajstić information content (AvgIpc) is 2.92. The number of fused-ring (bicyclic) bond motifs is 1. The molecule has 6 nitrogen and oxygen atoms in total. The van der Waals surface area contributed by atoms with Gasteiger partial charge >= 0.3 is 0 Å². The van der Waals surface area contributed by atoms with Crippen LogP contribution in [-0.4, -0.2) is 20.1 Å². The Balaban J connectivity index is 1.51. The number of ether oxygens (including phenoxy) is 3. The summed E-state index contributed by atoms with van der Waals surface area (Å²) in [6, 6.07) is 30.7. The molecule has 1 heterocycles. The van der Waals surface area contributed by atoms with Gasteiger partial charge in [-0.3, -0.25) is 9.69 Å². The van der Waals surface area contributed by atoms with Crippen molar-refractivity contribution in [3.8, 4) is 17.2 Å². The van der Waals surface area contributed by atoms with Gasteiger partial charge in [-0.05, 0) is 54.1 Å². The van der Waals surface area contributed by atoms with Gasteiger partial charge in [0.1, 0.15) is 30.0 Å². The topological polar surface area (TPSA) is 60.0 Å². The first kappa shape index (κ1) is 22.3. The summed E-state index contributed by atoms with van der Waals surface area (Å²) in [6.07, 6.45) is -0.402. The van der Waals surface area contributed by atoms with E-state index in [4.69, 9.17) is 14.2 Å². The molecule has 1 N–H and O–H groups in total. The molecule has 1 unspecified atom stereocenters. The molecule has 0 aromatic heterocycles. The van der Waals surface area contributed by atoms with Crippen LogP contribution < -0.4 is 24.4 Å². The molecule has 4 aromatic rings. The van der Waals surface area contributed by atoms with Gasteiger partial charge in [-0.25, -0.2) is 0 Å². The van der Waals surface area contributed by atoms with Crippen molar-refractivity contribution in [2.75, 3.05) is 24.4 Å². The maximum absolute atomic E-state index is 13.6. The summed E-state index contributed by atoms with van der Waals surface area (Å²) < 4.78 is 16.9. The van der Waals surface area contributed by atoms with Crippen LogP contribution in [0.2, 0.25) is 0 Å². The molecule has 0 saturated carbocycles. The minimum Gasteiger partial charge on any atom is -0.497 e. The zero-order chi connectivity index (χ0) is 24.2. The Bertz CT molecular complexity index is 1340. The number of hydrogen-bond acceptors (Lipinski definition) is 5. The van der Waals surface area contributed by atoms with Crippen molar-refractivity contribution in [1.29, 1.82) is 0 Å². The lowest BCUT2D eigenvalue weighted by Gasteiger charge is -2.38. The Morgan fingerprint density at radius 2 is 1.57 bits per heavy atom. The largest absolute Gasteiger partial charge is 0.497 e. The van der Waals surface area contributed by atoms with E-state index in [1.54, 1.807) is 19.1 Å². The lowest BCUT2D eigenvalue weighted by molar-refractivity contribution is 0.0975. The highest BCUT2D eigenvalue weighted by Crippen LogP contribution is 2.38. The normalized spacial score (nSPS) is 14.6. The summed E-state index contributed by atoms with van der Waals surface area (Å²) in [7, 11) is 3.26. The lowest BCUT2D eigenvalue weighted by atomic mass is 10.0. The number of benzene rings is 4. The summed E-state index contributed by atoms with van der Waals surface area (Å²) in [5.41, 5.74) is 4.05. The van der Waals surface area contributed by atoms with Gasteiger partial charge in [-0.1, -0.05) is 42.5 Å². The number of rotatable bonds is 7. The number of anilines is 2. The summed E-state index contributed by atoms with van der Waals surface area (Å²) in [5.74, 6) is 2.08. The van der Waals surface area contributed by atoms with E-state index in [0.717, 1.165) is 28.3 Å². The first-order valence-corrected chi connectivity index (χ1v) is 11.4. The first-order valence-electron chi connectivity index (χ1n) is 11.4. The molecule has 0 fully saturated rings. The average molecular weight is 467 g/mol. The third kappa shape index (κ3) is 4.51. The standard InChI is InChI=1S/C29H26N2O4/c1-33-23-11-8-12-24(18-23)35-19-21-17-20(15-16-27(21)34-2)28-30-26-14-7-6-13-25(26)29(32)31(28)22-9-4-3-5-10-22/h3-18,28,30H,19H2,1-2H3. The van der Waals surface area contributed by atoms with Crippen LogP contribution >= 0.6 is 0 Å². The molecule has 1 atom stereocenters. The second-order valence-corrected chi connectivity index (χ2v) is 8.14. The SMILES string of the molecule is COc1cccc(OCc2cc(C3Nc4ccccc4C(=O)N3c3ccccc3)ccc2OC)c1. The fraction of sp³-hybridized carbons (Fsp3) is 0.138. The molecule has 1 aliphatic heterocycles. The predicted molar refractivity (Wildman–Crippen MR) is 136 cm³/mol. The Kier molecular flexibility index (Phi) is 6.26. The van der Waals surface area contributed by atoms with Crippen LogP contribution in [0.4, 0.5) is 11.4 Å². The molecule has 5 rings (SSSR count). The van der Waals surface area contributed by atoms with Crippen molar-refractivity contribution in [1.82, 2.24) is 0 Å². The molecule has 0 radical (unpaired) electrons. The van der Waals surface area contributed by atoms with E-state index in [1.807, 2.05) is 97.1 Å². The molecule has 6 heteroatoms. The van der Waals surface area contributed by atoms with E-state index in [1.165, 1.54) is 0 Å². The van der Waals surface area contributed by atoms with Gasteiger partial charge in [0, 0.05) is 23.0 Å². The minimum absolute atomic E-state index is 0.0550. The number of methoxy groups -OCH3 is 2. The van der Waals surface area contributed by atoms with Crippen LogP contribution in [0.3, 0.4) is 0 Å². The van der Waals surface area contributed by atoms with Crippen LogP contribution in [-0.2, 0) is 6.61 Å². The van der Waals surface area contributed by atoms with Gasteiger partial charge in [0.25, 0.3) is 5.91 Å². The van der Waals surface area contributed by atoms with Gasteiger partial charge in [-0.15, -0.1) is 0 Å². The van der Waals surface area contributed by atoms with Gasteiger partial charge < -0.3 is 19.5 Å². The number of amides is 1. The molecule has 0 bridgehead atoms. The fourth-order valence-electron chi connectivity index (χ4n) is 4.28. The van der Waals surface area contributed by atoms with E-state index < -0.39 is 6.17 Å². The number of carbonyl (C=O) groups excluding carboxylic acids is 1. The minimum atomic E-state index is -0.402. The highest BCUT2D eigenvalue weighted by atomic mass is 16.5. The van der Waals surface area contributed by atoms with Gasteiger partial charge in [0.15, 0.2) is 0 Å². The Labute approximate surface area is 204 Å². The van der Waals surface area contributed by atoms with Crippen molar-refractivity contribution in [2.24, 2.45) is 0 Å². The third-order valence-corrected chi connectivity index (χ3v) is 6.02. The molecule has 4 aromatic carbocycles. The molecule has 0 saturated heterocycles. The Hall–Kier alpha value is -4.45. The lowest BCUT2D eigenvalue weighted by Crippen LogP contribution is -2.43. The van der Waals surface area contributed by atoms with Crippen molar-refractivity contribution >= 4 is 17.3 Å². The van der Waals surface area contributed by atoms with Crippen LogP contribution in [0.25, 0.3) is 0 Å². The zero-order valence-electron chi connectivity index (χ0n) is 19.6. The van der Waals surface area contributed by atoms with Gasteiger partial charge in [0.2, 0.25) is 0 Å². The molecule has 35 heavy (non-hydrogen) atoms. The summed E-state index contributed by atoms with van der Waals surface area (Å²) in [4.78, 5) is 15.4. The smallest absolute Gasteiger partial charge is 0.262 e. The van der Waals surface area contributed by atoms with Crippen LogP contribution in [0.5, 0.6) is 17.2 Å². The van der Waals surface area contributed by atoms with E-state index >= 15 is 0 Å². The molecule has 0 spiro atoms. The van der Waals surface area contributed by atoms with E-state index in [0.29, 0.717) is 23.7 Å². The summed E-state index contributed by atoms with van der Waals surface area (Å²) >= 11 is 0. The zero-order valence-corrected chi connectivity index (χ0v) is 19.6. The van der Waals surface area contributed by atoms with E-state index in [9.17, 15) is 4.79 Å². The molecular formula is C29H26N2O4. The Morgan fingerprint density at radius 1 is 0.800 bits per heavy atom. The number of nitrogens with one attached hydrogen (secondary N) is 1. The van der Waals surface area contributed by atoms with Crippen molar-refractivity contribution in [3.63, 3.8) is 0 Å². The molecule has 1 amide bonds. The maximum atomic E-state index is 13.6. The summed E-state index contributed by atoms with van der Waals surface area (Å²) in [6.45, 7) is 0.298. The predicted octanol–water partition coefficient (Wildman–Crippen LogP) is 6.05. The molecular weight excluding hydrogens is 440 g/mol. The number of hydrogen-bond donors (Lipinski definition) is 1. The van der Waals surface area contributed by atoms with Gasteiger partial charge in [0.05, 0.1) is 19.8 Å².